The molecular formula is C16H20O4. The van der Waals surface area contributed by atoms with E-state index in [1.807, 2.05) is 37.3 Å². The molecule has 0 aliphatic rings. The molecule has 0 spiro atoms. The Morgan fingerprint density at radius 2 is 1.90 bits per heavy atom. The van der Waals surface area contributed by atoms with Crippen molar-refractivity contribution < 1.29 is 19.1 Å². The third-order valence-electron chi connectivity index (χ3n) is 2.57. The molecule has 0 aromatic heterocycles. The summed E-state index contributed by atoms with van der Waals surface area (Å²) in [6, 6.07) is 9.40. The van der Waals surface area contributed by atoms with Crippen molar-refractivity contribution in [3.63, 3.8) is 0 Å². The molecule has 20 heavy (non-hydrogen) atoms. The van der Waals surface area contributed by atoms with Crippen molar-refractivity contribution in [1.29, 1.82) is 0 Å². The average molecular weight is 276 g/mol. The minimum absolute atomic E-state index is 0.274. The van der Waals surface area contributed by atoms with Crippen LogP contribution < -0.4 is 0 Å². The number of carbonyl (C=O) groups excluding carboxylic acids is 2. The molecule has 1 aromatic carbocycles. The van der Waals surface area contributed by atoms with Crippen LogP contribution in [-0.2, 0) is 19.1 Å². The molecule has 1 unspecified atom stereocenters. The predicted octanol–water partition coefficient (Wildman–Crippen LogP) is 2.97. The summed E-state index contributed by atoms with van der Waals surface area (Å²) in [5.74, 6) is -1.03. The number of hydrogen-bond acceptors (Lipinski definition) is 4. The molecule has 4 nitrogen and oxygen atoms in total. The third-order valence-corrected chi connectivity index (χ3v) is 2.57. The Balaban J connectivity index is 2.57. The van der Waals surface area contributed by atoms with Crippen molar-refractivity contribution in [2.75, 3.05) is 6.61 Å². The van der Waals surface area contributed by atoms with Gasteiger partial charge in [-0.25, -0.2) is 9.59 Å². The predicted molar refractivity (Wildman–Crippen MR) is 76.9 cm³/mol. The quantitative estimate of drug-likeness (QED) is 0.567. The molecule has 0 saturated heterocycles. The molecule has 0 aliphatic carbocycles. The lowest BCUT2D eigenvalue weighted by atomic mass is 10.2. The Labute approximate surface area is 119 Å². The van der Waals surface area contributed by atoms with Crippen LogP contribution in [0.3, 0.4) is 0 Å². The van der Waals surface area contributed by atoms with Crippen molar-refractivity contribution in [3.8, 4) is 0 Å². The Morgan fingerprint density at radius 3 is 2.50 bits per heavy atom. The van der Waals surface area contributed by atoms with Crippen LogP contribution in [0.15, 0.2) is 36.4 Å². The van der Waals surface area contributed by atoms with E-state index in [9.17, 15) is 9.59 Å². The highest BCUT2D eigenvalue weighted by atomic mass is 16.6. The van der Waals surface area contributed by atoms with Gasteiger partial charge in [0, 0.05) is 6.08 Å². The second kappa shape index (κ2) is 8.91. The van der Waals surface area contributed by atoms with Gasteiger partial charge in [-0.1, -0.05) is 43.7 Å². The van der Waals surface area contributed by atoms with Crippen LogP contribution in [0.2, 0.25) is 0 Å². The smallest absolute Gasteiger partial charge is 0.347 e. The van der Waals surface area contributed by atoms with Crippen LogP contribution in [0, 0.1) is 0 Å². The van der Waals surface area contributed by atoms with Crippen molar-refractivity contribution in [2.45, 2.75) is 32.8 Å². The van der Waals surface area contributed by atoms with Gasteiger partial charge in [-0.05, 0) is 25.0 Å². The molecule has 1 aromatic rings. The number of rotatable bonds is 7. The van der Waals surface area contributed by atoms with Gasteiger partial charge in [0.05, 0.1) is 6.61 Å². The first-order chi connectivity index (χ1) is 9.67. The molecule has 4 heteroatoms. The number of esters is 2. The third kappa shape index (κ3) is 5.69. The van der Waals surface area contributed by atoms with E-state index >= 15 is 0 Å². The van der Waals surface area contributed by atoms with Gasteiger partial charge in [-0.15, -0.1) is 0 Å². The SMILES string of the molecule is CCCC(OC(=O)C=Cc1ccccc1)C(=O)OCC. The van der Waals surface area contributed by atoms with Crippen molar-refractivity contribution in [3.05, 3.63) is 42.0 Å². The van der Waals surface area contributed by atoms with E-state index in [0.29, 0.717) is 6.42 Å². The number of carbonyl (C=O) groups is 2. The Hall–Kier alpha value is -2.10. The molecule has 108 valence electrons. The summed E-state index contributed by atoms with van der Waals surface area (Å²) < 4.78 is 10.0. The van der Waals surface area contributed by atoms with Crippen LogP contribution in [-0.4, -0.2) is 24.6 Å². The highest BCUT2D eigenvalue weighted by Crippen LogP contribution is 2.07. The fourth-order valence-electron chi connectivity index (χ4n) is 1.63. The van der Waals surface area contributed by atoms with Gasteiger partial charge in [-0.2, -0.15) is 0 Å². The summed E-state index contributed by atoms with van der Waals surface area (Å²) in [6.45, 7) is 3.91. The van der Waals surface area contributed by atoms with Gasteiger partial charge in [0.1, 0.15) is 0 Å². The molecule has 0 saturated carbocycles. The second-order valence-corrected chi connectivity index (χ2v) is 4.21. The van der Waals surface area contributed by atoms with Gasteiger partial charge in [-0.3, -0.25) is 0 Å². The number of hydrogen-bond donors (Lipinski definition) is 0. The maximum Gasteiger partial charge on any atom is 0.347 e. The average Bonchev–Trinajstić information content (AvgIpc) is 2.46. The van der Waals surface area contributed by atoms with E-state index in [2.05, 4.69) is 0 Å². The highest BCUT2D eigenvalue weighted by molar-refractivity contribution is 5.89. The van der Waals surface area contributed by atoms with Crippen LogP contribution in [0.25, 0.3) is 6.08 Å². The molecule has 0 fully saturated rings. The van der Waals surface area contributed by atoms with Gasteiger partial charge < -0.3 is 9.47 Å². The van der Waals surface area contributed by atoms with Gasteiger partial charge >= 0.3 is 11.9 Å². The first-order valence-corrected chi connectivity index (χ1v) is 6.77. The Bertz CT molecular complexity index is 451. The minimum Gasteiger partial charge on any atom is -0.463 e. The van der Waals surface area contributed by atoms with Crippen molar-refractivity contribution >= 4 is 18.0 Å². The number of ether oxygens (including phenoxy) is 2. The summed E-state index contributed by atoms with van der Waals surface area (Å²) >= 11 is 0. The maximum atomic E-state index is 11.7. The summed E-state index contributed by atoms with van der Waals surface area (Å²) in [4.78, 5) is 23.3. The van der Waals surface area contributed by atoms with E-state index in [0.717, 1.165) is 12.0 Å². The fraction of sp³-hybridized carbons (Fsp3) is 0.375. The Morgan fingerprint density at radius 1 is 1.20 bits per heavy atom. The monoisotopic (exact) mass is 276 g/mol. The maximum absolute atomic E-state index is 11.7. The van der Waals surface area contributed by atoms with E-state index < -0.39 is 18.0 Å². The van der Waals surface area contributed by atoms with Gasteiger partial charge in [0.2, 0.25) is 0 Å². The summed E-state index contributed by atoms with van der Waals surface area (Å²) in [5, 5.41) is 0. The number of benzene rings is 1. The lowest BCUT2D eigenvalue weighted by Crippen LogP contribution is -2.28. The zero-order valence-electron chi connectivity index (χ0n) is 11.9. The fourth-order valence-corrected chi connectivity index (χ4v) is 1.63. The molecule has 1 atom stereocenters. The van der Waals surface area contributed by atoms with Crippen LogP contribution in [0.1, 0.15) is 32.3 Å². The van der Waals surface area contributed by atoms with Crippen molar-refractivity contribution in [2.24, 2.45) is 0 Å². The van der Waals surface area contributed by atoms with E-state index in [1.165, 1.54) is 6.08 Å². The van der Waals surface area contributed by atoms with Gasteiger partial charge in [0.15, 0.2) is 6.10 Å². The highest BCUT2D eigenvalue weighted by Gasteiger charge is 2.22. The Kier molecular flexibility index (Phi) is 7.11. The second-order valence-electron chi connectivity index (χ2n) is 4.21. The first kappa shape index (κ1) is 16.0. The van der Waals surface area contributed by atoms with Gasteiger partial charge in [0.25, 0.3) is 0 Å². The molecule has 0 radical (unpaired) electrons. The molecular weight excluding hydrogens is 256 g/mol. The first-order valence-electron chi connectivity index (χ1n) is 6.77. The molecule has 0 aliphatic heterocycles. The standard InChI is InChI=1S/C16H20O4/c1-3-8-14(16(18)19-4-2)20-15(17)12-11-13-9-6-5-7-10-13/h5-7,9-12,14H,3-4,8H2,1-2H3. The zero-order chi connectivity index (χ0) is 14.8. The molecule has 1 rings (SSSR count). The van der Waals surface area contributed by atoms with E-state index in [-0.39, 0.29) is 6.61 Å². The van der Waals surface area contributed by atoms with E-state index in [4.69, 9.17) is 9.47 Å². The largest absolute Gasteiger partial charge is 0.463 e. The molecule has 0 heterocycles. The topological polar surface area (TPSA) is 52.6 Å². The normalized spacial score (nSPS) is 12.1. The lowest BCUT2D eigenvalue weighted by molar-refractivity contribution is -0.165. The van der Waals surface area contributed by atoms with Crippen LogP contribution in [0.4, 0.5) is 0 Å². The minimum atomic E-state index is -0.826. The summed E-state index contributed by atoms with van der Waals surface area (Å²) in [7, 11) is 0. The summed E-state index contributed by atoms with van der Waals surface area (Å²) in [6.07, 6.45) is 3.34. The molecule has 0 amide bonds. The van der Waals surface area contributed by atoms with Crippen LogP contribution in [0.5, 0.6) is 0 Å². The molecule has 0 N–H and O–H groups in total. The van der Waals surface area contributed by atoms with E-state index in [1.54, 1.807) is 13.0 Å². The molecule has 0 bridgehead atoms. The van der Waals surface area contributed by atoms with Crippen molar-refractivity contribution in [1.82, 2.24) is 0 Å². The lowest BCUT2D eigenvalue weighted by Gasteiger charge is -2.14. The summed E-state index contributed by atoms with van der Waals surface area (Å²) in [5.41, 5.74) is 0.896. The van der Waals surface area contributed by atoms with Crippen LogP contribution >= 0.6 is 0 Å². The zero-order valence-corrected chi connectivity index (χ0v) is 11.9.